The summed E-state index contributed by atoms with van der Waals surface area (Å²) in [5.41, 5.74) is -0.130. The standard InChI is InChI=1S/C16H26O4/c1-3-5-6-7-8-10-12-11-14(18)15(16(19)20-12)13(17)9-4-2/h12,17H,3-11H2,1-2H3. The van der Waals surface area contributed by atoms with Crippen molar-refractivity contribution in [2.75, 3.05) is 0 Å². The first-order valence-electron chi connectivity index (χ1n) is 7.76. The van der Waals surface area contributed by atoms with Gasteiger partial charge in [0.1, 0.15) is 17.4 Å². The molecular weight excluding hydrogens is 256 g/mol. The van der Waals surface area contributed by atoms with Gasteiger partial charge >= 0.3 is 5.97 Å². The Balaban J connectivity index is 2.46. The molecule has 4 nitrogen and oxygen atoms in total. The number of aliphatic hydroxyl groups excluding tert-OH is 1. The largest absolute Gasteiger partial charge is 0.511 e. The van der Waals surface area contributed by atoms with E-state index in [9.17, 15) is 14.7 Å². The maximum atomic E-state index is 11.9. The van der Waals surface area contributed by atoms with Gasteiger partial charge in [-0.1, -0.05) is 39.5 Å². The number of ether oxygens (including phenoxy) is 1. The minimum absolute atomic E-state index is 0.121. The van der Waals surface area contributed by atoms with Gasteiger partial charge in [-0.3, -0.25) is 4.79 Å². The normalized spacial score (nSPS) is 21.8. The van der Waals surface area contributed by atoms with E-state index < -0.39 is 5.97 Å². The fourth-order valence-electron chi connectivity index (χ4n) is 2.45. The Kier molecular flexibility index (Phi) is 7.34. The van der Waals surface area contributed by atoms with Crippen LogP contribution in [0.4, 0.5) is 0 Å². The molecule has 1 fully saturated rings. The highest BCUT2D eigenvalue weighted by Crippen LogP contribution is 2.24. The van der Waals surface area contributed by atoms with Gasteiger partial charge in [-0.05, 0) is 19.3 Å². The molecule has 0 aromatic heterocycles. The number of rotatable bonds is 8. The molecule has 1 heterocycles. The van der Waals surface area contributed by atoms with Crippen molar-refractivity contribution in [3.63, 3.8) is 0 Å². The van der Waals surface area contributed by atoms with Gasteiger partial charge in [-0.15, -0.1) is 0 Å². The molecule has 1 aliphatic heterocycles. The van der Waals surface area contributed by atoms with Crippen molar-refractivity contribution in [1.82, 2.24) is 0 Å². The number of Topliss-reactive ketones (excluding diaryl/α,β-unsaturated/α-hetero) is 1. The Labute approximate surface area is 121 Å². The molecule has 0 aromatic carbocycles. The van der Waals surface area contributed by atoms with Crippen LogP contribution >= 0.6 is 0 Å². The minimum atomic E-state index is -0.647. The lowest BCUT2D eigenvalue weighted by Gasteiger charge is -2.23. The molecule has 1 atom stereocenters. The molecule has 0 bridgehead atoms. The van der Waals surface area contributed by atoms with E-state index >= 15 is 0 Å². The molecule has 0 saturated carbocycles. The van der Waals surface area contributed by atoms with Crippen LogP contribution < -0.4 is 0 Å². The molecule has 1 aliphatic rings. The Hall–Kier alpha value is -1.32. The maximum Gasteiger partial charge on any atom is 0.345 e. The van der Waals surface area contributed by atoms with Crippen molar-refractivity contribution in [1.29, 1.82) is 0 Å². The second kappa shape index (κ2) is 8.77. The molecule has 20 heavy (non-hydrogen) atoms. The highest BCUT2D eigenvalue weighted by Gasteiger charge is 2.34. The quantitative estimate of drug-likeness (QED) is 0.241. The van der Waals surface area contributed by atoms with Crippen molar-refractivity contribution >= 4 is 11.8 Å². The van der Waals surface area contributed by atoms with Crippen molar-refractivity contribution in [2.45, 2.75) is 77.7 Å². The lowest BCUT2D eigenvalue weighted by Crippen LogP contribution is -2.33. The average Bonchev–Trinajstić information content (AvgIpc) is 2.38. The van der Waals surface area contributed by atoms with E-state index in [-0.39, 0.29) is 29.6 Å². The topological polar surface area (TPSA) is 63.6 Å². The number of ketones is 1. The number of aliphatic hydroxyl groups is 1. The summed E-state index contributed by atoms with van der Waals surface area (Å²) in [6.45, 7) is 4.05. The summed E-state index contributed by atoms with van der Waals surface area (Å²) in [6.07, 6.45) is 7.37. The highest BCUT2D eigenvalue weighted by atomic mass is 16.5. The van der Waals surface area contributed by atoms with Gasteiger partial charge in [0.25, 0.3) is 0 Å². The second-order valence-electron chi connectivity index (χ2n) is 5.43. The molecule has 0 aliphatic carbocycles. The molecule has 1 rings (SSSR count). The molecule has 0 spiro atoms. The van der Waals surface area contributed by atoms with Crippen LogP contribution in [0.25, 0.3) is 0 Å². The monoisotopic (exact) mass is 282 g/mol. The number of carbonyl (C=O) groups excluding carboxylic acids is 2. The molecule has 0 radical (unpaired) electrons. The maximum absolute atomic E-state index is 11.9. The zero-order chi connectivity index (χ0) is 15.0. The van der Waals surface area contributed by atoms with E-state index in [1.807, 2.05) is 6.92 Å². The average molecular weight is 282 g/mol. The molecule has 1 N–H and O–H groups in total. The van der Waals surface area contributed by atoms with E-state index in [1.165, 1.54) is 19.3 Å². The number of unbranched alkanes of at least 4 members (excludes halogenated alkanes) is 4. The van der Waals surface area contributed by atoms with Crippen LogP contribution in [0.2, 0.25) is 0 Å². The first kappa shape index (κ1) is 16.7. The third-order valence-electron chi connectivity index (χ3n) is 3.57. The zero-order valence-corrected chi connectivity index (χ0v) is 12.6. The van der Waals surface area contributed by atoms with Gasteiger partial charge in [0.15, 0.2) is 5.78 Å². The predicted octanol–water partition coefficient (Wildman–Crippen LogP) is 3.84. The summed E-state index contributed by atoms with van der Waals surface area (Å²) in [6, 6.07) is 0. The Morgan fingerprint density at radius 2 is 1.85 bits per heavy atom. The Morgan fingerprint density at radius 1 is 1.15 bits per heavy atom. The van der Waals surface area contributed by atoms with Crippen LogP contribution in [-0.4, -0.2) is 23.0 Å². The molecule has 114 valence electrons. The zero-order valence-electron chi connectivity index (χ0n) is 12.6. The summed E-state index contributed by atoms with van der Waals surface area (Å²) in [5.74, 6) is -1.04. The molecule has 1 unspecified atom stereocenters. The van der Waals surface area contributed by atoms with Gasteiger partial charge in [-0.2, -0.15) is 0 Å². The van der Waals surface area contributed by atoms with Crippen LogP contribution in [0.1, 0.15) is 71.6 Å². The van der Waals surface area contributed by atoms with Crippen molar-refractivity contribution in [3.05, 3.63) is 11.3 Å². The van der Waals surface area contributed by atoms with Crippen LogP contribution in [0.5, 0.6) is 0 Å². The van der Waals surface area contributed by atoms with E-state index in [1.54, 1.807) is 0 Å². The molecule has 0 amide bonds. The number of hydrogen-bond donors (Lipinski definition) is 1. The first-order valence-corrected chi connectivity index (χ1v) is 7.76. The highest BCUT2D eigenvalue weighted by molar-refractivity contribution is 6.19. The number of carbonyl (C=O) groups is 2. The van der Waals surface area contributed by atoms with E-state index in [2.05, 4.69) is 6.92 Å². The van der Waals surface area contributed by atoms with Gasteiger partial charge in [-0.25, -0.2) is 4.79 Å². The SMILES string of the molecule is CCCCCCCC1CC(=O)C(=C(O)CCC)C(=O)O1. The van der Waals surface area contributed by atoms with Crippen molar-refractivity contribution < 1.29 is 19.4 Å². The van der Waals surface area contributed by atoms with Crippen LogP contribution in [-0.2, 0) is 14.3 Å². The number of hydrogen-bond acceptors (Lipinski definition) is 4. The minimum Gasteiger partial charge on any atom is -0.511 e. The van der Waals surface area contributed by atoms with Gasteiger partial charge in [0, 0.05) is 12.8 Å². The number of esters is 1. The summed E-state index contributed by atoms with van der Waals surface area (Å²) < 4.78 is 5.27. The lowest BCUT2D eigenvalue weighted by atomic mass is 9.96. The van der Waals surface area contributed by atoms with Crippen molar-refractivity contribution in [2.24, 2.45) is 0 Å². The third-order valence-corrected chi connectivity index (χ3v) is 3.57. The summed E-state index contributed by atoms with van der Waals surface area (Å²) in [4.78, 5) is 23.8. The van der Waals surface area contributed by atoms with E-state index in [0.717, 1.165) is 19.3 Å². The van der Waals surface area contributed by atoms with Crippen LogP contribution in [0, 0.1) is 0 Å². The molecule has 0 aromatic rings. The van der Waals surface area contributed by atoms with E-state index in [0.29, 0.717) is 12.8 Å². The lowest BCUT2D eigenvalue weighted by molar-refractivity contribution is -0.151. The fourth-order valence-corrected chi connectivity index (χ4v) is 2.45. The van der Waals surface area contributed by atoms with Gasteiger partial charge in [0.2, 0.25) is 0 Å². The smallest absolute Gasteiger partial charge is 0.345 e. The van der Waals surface area contributed by atoms with Crippen LogP contribution in [0.3, 0.4) is 0 Å². The Morgan fingerprint density at radius 3 is 2.45 bits per heavy atom. The molecule has 1 saturated heterocycles. The number of cyclic esters (lactones) is 1. The predicted molar refractivity (Wildman–Crippen MR) is 77.4 cm³/mol. The Bertz CT molecular complexity index is 351. The second-order valence-corrected chi connectivity index (χ2v) is 5.43. The van der Waals surface area contributed by atoms with E-state index in [4.69, 9.17) is 4.74 Å². The summed E-state index contributed by atoms with van der Waals surface area (Å²) in [5, 5.41) is 9.73. The molecule has 4 heteroatoms. The fraction of sp³-hybridized carbons (Fsp3) is 0.750. The first-order chi connectivity index (χ1) is 9.60. The summed E-state index contributed by atoms with van der Waals surface area (Å²) in [7, 11) is 0. The summed E-state index contributed by atoms with van der Waals surface area (Å²) >= 11 is 0. The van der Waals surface area contributed by atoms with Gasteiger partial charge in [0.05, 0.1) is 0 Å². The van der Waals surface area contributed by atoms with Gasteiger partial charge < -0.3 is 9.84 Å². The molecular formula is C16H26O4. The van der Waals surface area contributed by atoms with Crippen LogP contribution in [0.15, 0.2) is 11.3 Å². The third kappa shape index (κ3) is 4.99. The number of allylic oxidation sites excluding steroid dienone is 1. The van der Waals surface area contributed by atoms with Crippen molar-refractivity contribution in [3.8, 4) is 0 Å².